The fraction of sp³-hybridized carbons (Fsp3) is 0.308. The number of nitrogens with one attached hydrogen (secondary N) is 3. The first-order chi connectivity index (χ1) is 9.92. The van der Waals surface area contributed by atoms with Gasteiger partial charge in [-0.3, -0.25) is 14.4 Å². The minimum absolute atomic E-state index is 0. The van der Waals surface area contributed by atoms with Crippen LogP contribution in [0.2, 0.25) is 5.02 Å². The SMILES string of the molecule is Cc1ccc(NC(=O)CNC(=O)CNC(=O)CN)c(Cl)c1.Cl. The first-order valence-corrected chi connectivity index (χ1v) is 6.59. The number of nitrogens with two attached hydrogens (primary N) is 1. The van der Waals surface area contributed by atoms with Crippen LogP contribution in [0.3, 0.4) is 0 Å². The number of benzene rings is 1. The van der Waals surface area contributed by atoms with Crippen LogP contribution in [0.15, 0.2) is 18.2 Å². The average Bonchev–Trinajstić information content (AvgIpc) is 2.45. The summed E-state index contributed by atoms with van der Waals surface area (Å²) in [5.41, 5.74) is 6.52. The molecule has 3 amide bonds. The van der Waals surface area contributed by atoms with Crippen LogP contribution in [0.25, 0.3) is 0 Å². The summed E-state index contributed by atoms with van der Waals surface area (Å²) in [6, 6.07) is 5.21. The molecule has 0 fully saturated rings. The molecule has 1 aromatic rings. The Kier molecular flexibility index (Phi) is 9.16. The smallest absolute Gasteiger partial charge is 0.243 e. The Labute approximate surface area is 139 Å². The molecule has 7 nitrogen and oxygen atoms in total. The summed E-state index contributed by atoms with van der Waals surface area (Å²) >= 11 is 5.98. The van der Waals surface area contributed by atoms with Gasteiger partial charge in [-0.05, 0) is 24.6 Å². The molecule has 0 radical (unpaired) electrons. The van der Waals surface area contributed by atoms with E-state index in [1.807, 2.05) is 13.0 Å². The molecular formula is C13H18Cl2N4O3. The van der Waals surface area contributed by atoms with E-state index in [4.69, 9.17) is 17.3 Å². The van der Waals surface area contributed by atoms with E-state index >= 15 is 0 Å². The molecule has 1 rings (SSSR count). The zero-order valence-electron chi connectivity index (χ0n) is 11.9. The monoisotopic (exact) mass is 348 g/mol. The van der Waals surface area contributed by atoms with E-state index in [1.54, 1.807) is 12.1 Å². The molecule has 9 heteroatoms. The lowest BCUT2D eigenvalue weighted by molar-refractivity contribution is -0.126. The van der Waals surface area contributed by atoms with Crippen molar-refractivity contribution in [1.29, 1.82) is 0 Å². The number of amides is 3. The van der Waals surface area contributed by atoms with Gasteiger partial charge in [0.25, 0.3) is 0 Å². The Balaban J connectivity index is 0.00000441. The summed E-state index contributed by atoms with van der Waals surface area (Å²) in [5, 5.41) is 7.65. The second kappa shape index (κ2) is 9.99. The lowest BCUT2D eigenvalue weighted by Crippen LogP contribution is -2.41. The molecule has 122 valence electrons. The summed E-state index contributed by atoms with van der Waals surface area (Å²) in [5.74, 6) is -1.35. The molecule has 0 aromatic heterocycles. The fourth-order valence-electron chi connectivity index (χ4n) is 1.41. The van der Waals surface area contributed by atoms with E-state index in [9.17, 15) is 14.4 Å². The summed E-state index contributed by atoms with van der Waals surface area (Å²) in [6.45, 7) is 1.24. The van der Waals surface area contributed by atoms with E-state index in [1.165, 1.54) is 0 Å². The zero-order valence-corrected chi connectivity index (χ0v) is 13.5. The van der Waals surface area contributed by atoms with E-state index in [-0.39, 0.29) is 32.0 Å². The molecule has 0 saturated heterocycles. The van der Waals surface area contributed by atoms with Crippen molar-refractivity contribution in [1.82, 2.24) is 10.6 Å². The molecule has 0 saturated carbocycles. The van der Waals surface area contributed by atoms with E-state index in [2.05, 4.69) is 16.0 Å². The number of carbonyl (C=O) groups is 3. The summed E-state index contributed by atoms with van der Waals surface area (Å²) < 4.78 is 0. The molecule has 0 aliphatic heterocycles. The normalized spacial score (nSPS) is 9.41. The Morgan fingerprint density at radius 1 is 1.09 bits per heavy atom. The predicted octanol–water partition coefficient (Wildman–Crippen LogP) is 0.200. The topological polar surface area (TPSA) is 113 Å². The number of hydrogen-bond donors (Lipinski definition) is 4. The molecule has 0 aliphatic carbocycles. The van der Waals surface area contributed by atoms with Crippen molar-refractivity contribution < 1.29 is 14.4 Å². The lowest BCUT2D eigenvalue weighted by atomic mass is 10.2. The molecule has 0 heterocycles. The van der Waals surface area contributed by atoms with Crippen LogP contribution in [-0.4, -0.2) is 37.4 Å². The van der Waals surface area contributed by atoms with E-state index < -0.39 is 17.7 Å². The highest BCUT2D eigenvalue weighted by Crippen LogP contribution is 2.22. The van der Waals surface area contributed by atoms with Gasteiger partial charge in [0.05, 0.1) is 30.3 Å². The third kappa shape index (κ3) is 7.26. The summed E-state index contributed by atoms with van der Waals surface area (Å²) in [4.78, 5) is 33.9. The van der Waals surface area contributed by atoms with Crippen LogP contribution in [0.4, 0.5) is 5.69 Å². The van der Waals surface area contributed by atoms with Crippen molar-refractivity contribution in [2.45, 2.75) is 6.92 Å². The van der Waals surface area contributed by atoms with Crippen molar-refractivity contribution in [2.24, 2.45) is 5.73 Å². The van der Waals surface area contributed by atoms with E-state index in [0.717, 1.165) is 5.56 Å². The lowest BCUT2D eigenvalue weighted by Gasteiger charge is -2.09. The maximum atomic E-state index is 11.7. The van der Waals surface area contributed by atoms with Crippen LogP contribution in [0.5, 0.6) is 0 Å². The van der Waals surface area contributed by atoms with Crippen LogP contribution in [0, 0.1) is 6.92 Å². The van der Waals surface area contributed by atoms with Gasteiger partial charge in [0.1, 0.15) is 0 Å². The maximum absolute atomic E-state index is 11.7. The first-order valence-electron chi connectivity index (χ1n) is 6.22. The highest BCUT2D eigenvalue weighted by Gasteiger charge is 2.08. The molecule has 0 bridgehead atoms. The largest absolute Gasteiger partial charge is 0.346 e. The Morgan fingerprint density at radius 3 is 2.27 bits per heavy atom. The molecule has 0 spiro atoms. The van der Waals surface area contributed by atoms with Crippen molar-refractivity contribution in [3.05, 3.63) is 28.8 Å². The number of aryl methyl sites for hydroxylation is 1. The van der Waals surface area contributed by atoms with Gasteiger partial charge in [-0.25, -0.2) is 0 Å². The standard InChI is InChI=1S/C13H17ClN4O3.ClH/c1-8-2-3-10(9(14)4-8)18-13(21)7-17-12(20)6-16-11(19)5-15;/h2-4H,5-7,15H2,1H3,(H,16,19)(H,17,20)(H,18,21);1H. The Morgan fingerprint density at radius 2 is 1.68 bits per heavy atom. The predicted molar refractivity (Wildman–Crippen MR) is 87.1 cm³/mol. The van der Waals surface area contributed by atoms with Crippen LogP contribution in [-0.2, 0) is 14.4 Å². The van der Waals surface area contributed by atoms with Crippen LogP contribution < -0.4 is 21.7 Å². The molecule has 22 heavy (non-hydrogen) atoms. The highest BCUT2D eigenvalue weighted by molar-refractivity contribution is 6.33. The van der Waals surface area contributed by atoms with Crippen molar-refractivity contribution in [3.63, 3.8) is 0 Å². The Hall–Kier alpha value is -1.83. The van der Waals surface area contributed by atoms with Gasteiger partial charge in [-0.2, -0.15) is 0 Å². The third-order valence-electron chi connectivity index (χ3n) is 2.48. The minimum atomic E-state index is -0.484. The van der Waals surface area contributed by atoms with Crippen LogP contribution >= 0.6 is 24.0 Å². The van der Waals surface area contributed by atoms with Gasteiger partial charge in [-0.15, -0.1) is 12.4 Å². The molecule has 0 atom stereocenters. The maximum Gasteiger partial charge on any atom is 0.243 e. The van der Waals surface area contributed by atoms with Gasteiger partial charge < -0.3 is 21.7 Å². The molecule has 0 unspecified atom stereocenters. The van der Waals surface area contributed by atoms with Gasteiger partial charge >= 0.3 is 0 Å². The van der Waals surface area contributed by atoms with Gasteiger partial charge in [0.2, 0.25) is 17.7 Å². The summed E-state index contributed by atoms with van der Waals surface area (Å²) in [7, 11) is 0. The van der Waals surface area contributed by atoms with Gasteiger partial charge in [0, 0.05) is 0 Å². The molecular weight excluding hydrogens is 331 g/mol. The van der Waals surface area contributed by atoms with Crippen LogP contribution in [0.1, 0.15) is 5.56 Å². The van der Waals surface area contributed by atoms with Crippen molar-refractivity contribution in [3.8, 4) is 0 Å². The Bertz CT molecular complexity index is 552. The number of anilines is 1. The van der Waals surface area contributed by atoms with E-state index in [0.29, 0.717) is 10.7 Å². The zero-order chi connectivity index (χ0) is 15.8. The second-order valence-electron chi connectivity index (χ2n) is 4.29. The minimum Gasteiger partial charge on any atom is -0.346 e. The first kappa shape index (κ1) is 20.2. The van der Waals surface area contributed by atoms with Crippen molar-refractivity contribution in [2.75, 3.05) is 25.0 Å². The van der Waals surface area contributed by atoms with Crippen molar-refractivity contribution >= 4 is 47.4 Å². The van der Waals surface area contributed by atoms with Gasteiger partial charge in [-0.1, -0.05) is 17.7 Å². The number of rotatable bonds is 6. The average molecular weight is 349 g/mol. The highest BCUT2D eigenvalue weighted by atomic mass is 35.5. The number of halogens is 2. The number of carbonyl (C=O) groups excluding carboxylic acids is 3. The third-order valence-corrected chi connectivity index (χ3v) is 2.79. The molecule has 1 aromatic carbocycles. The molecule has 5 N–H and O–H groups in total. The second-order valence-corrected chi connectivity index (χ2v) is 4.70. The summed E-state index contributed by atoms with van der Waals surface area (Å²) in [6.07, 6.45) is 0. The number of hydrogen-bond acceptors (Lipinski definition) is 4. The molecule has 0 aliphatic rings. The quantitative estimate of drug-likeness (QED) is 0.588. The fourth-order valence-corrected chi connectivity index (χ4v) is 1.69. The van der Waals surface area contributed by atoms with Gasteiger partial charge in [0.15, 0.2) is 0 Å².